The average molecular weight is 403 g/mol. The summed E-state index contributed by atoms with van der Waals surface area (Å²) in [7, 11) is 0. The molecule has 29 heavy (non-hydrogen) atoms. The number of carbonyl (C=O) groups excluding carboxylic acids is 2. The van der Waals surface area contributed by atoms with Crippen LogP contribution in [0.15, 0.2) is 42.5 Å². The van der Waals surface area contributed by atoms with Crippen LogP contribution in [0.4, 0.5) is 14.9 Å². The van der Waals surface area contributed by atoms with Crippen molar-refractivity contribution < 1.29 is 28.6 Å². The third kappa shape index (κ3) is 6.20. The molecule has 0 saturated heterocycles. The van der Waals surface area contributed by atoms with Crippen LogP contribution < -0.4 is 5.32 Å². The minimum atomic E-state index is -1.01. The van der Waals surface area contributed by atoms with Gasteiger partial charge < -0.3 is 14.6 Å². The number of esters is 1. The van der Waals surface area contributed by atoms with Crippen molar-refractivity contribution in [2.24, 2.45) is 0 Å². The number of alkyl halides is 1. The first-order valence-electron chi connectivity index (χ1n) is 9.23. The number of aromatic hydroxyl groups is 1. The molecule has 156 valence electrons. The zero-order valence-electron chi connectivity index (χ0n) is 17.0. The topological polar surface area (TPSA) is 84.9 Å². The lowest BCUT2D eigenvalue weighted by Gasteiger charge is -2.23. The van der Waals surface area contributed by atoms with Gasteiger partial charge in [0, 0.05) is 5.56 Å². The van der Waals surface area contributed by atoms with E-state index in [1.165, 1.54) is 12.1 Å². The van der Waals surface area contributed by atoms with Crippen LogP contribution in [-0.2, 0) is 27.5 Å². The standard InChI is InChI=1S/C22H26FNO5/c1-14(20(26)29-22(2,3)4)16-10-11-18(19(25)17(16)12-23)24-21(27)28-13-15-8-6-5-7-9-15/h5-11,14,25H,12-13H2,1-4H3,(H,24,27). The fraction of sp³-hybridized carbons (Fsp3) is 0.364. The van der Waals surface area contributed by atoms with Gasteiger partial charge in [-0.3, -0.25) is 10.1 Å². The van der Waals surface area contributed by atoms with Gasteiger partial charge >= 0.3 is 12.1 Å². The molecule has 0 aromatic heterocycles. The first kappa shape index (κ1) is 22.2. The van der Waals surface area contributed by atoms with Crippen molar-refractivity contribution in [1.29, 1.82) is 0 Å². The second-order valence-corrected chi connectivity index (χ2v) is 7.61. The van der Waals surface area contributed by atoms with Gasteiger partial charge in [-0.1, -0.05) is 36.4 Å². The van der Waals surface area contributed by atoms with E-state index in [-0.39, 0.29) is 17.9 Å². The predicted octanol–water partition coefficient (Wildman–Crippen LogP) is 5.06. The summed E-state index contributed by atoms with van der Waals surface area (Å²) in [6.07, 6.45) is -0.790. The molecule has 2 aromatic rings. The van der Waals surface area contributed by atoms with Gasteiger partial charge in [-0.05, 0) is 44.9 Å². The van der Waals surface area contributed by atoms with Crippen molar-refractivity contribution in [2.45, 2.75) is 52.5 Å². The molecule has 2 rings (SSSR count). The number of hydrogen-bond donors (Lipinski definition) is 2. The van der Waals surface area contributed by atoms with Gasteiger partial charge in [-0.2, -0.15) is 0 Å². The molecule has 1 amide bonds. The van der Waals surface area contributed by atoms with Gasteiger partial charge in [-0.25, -0.2) is 9.18 Å². The Bertz CT molecular complexity index is 861. The minimum absolute atomic E-state index is 0.00384. The number of rotatable bonds is 6. The second kappa shape index (κ2) is 9.41. The van der Waals surface area contributed by atoms with Crippen LogP contribution >= 0.6 is 0 Å². The highest BCUT2D eigenvalue weighted by Crippen LogP contribution is 2.35. The molecule has 0 bridgehead atoms. The average Bonchev–Trinajstić information content (AvgIpc) is 2.66. The summed E-state index contributed by atoms with van der Waals surface area (Å²) in [6.45, 7) is 5.82. The van der Waals surface area contributed by atoms with E-state index in [2.05, 4.69) is 5.32 Å². The molecule has 0 aliphatic carbocycles. The molecule has 0 saturated carbocycles. The first-order valence-corrected chi connectivity index (χ1v) is 9.23. The second-order valence-electron chi connectivity index (χ2n) is 7.61. The number of hydrogen-bond acceptors (Lipinski definition) is 5. The lowest BCUT2D eigenvalue weighted by atomic mass is 9.94. The Morgan fingerprint density at radius 1 is 1.14 bits per heavy atom. The number of amides is 1. The zero-order valence-corrected chi connectivity index (χ0v) is 17.0. The van der Waals surface area contributed by atoms with Gasteiger partial charge in [0.15, 0.2) is 0 Å². The van der Waals surface area contributed by atoms with Crippen LogP contribution in [0.5, 0.6) is 5.75 Å². The van der Waals surface area contributed by atoms with Gasteiger partial charge in [0.1, 0.15) is 24.6 Å². The Morgan fingerprint density at radius 3 is 2.38 bits per heavy atom. The minimum Gasteiger partial charge on any atom is -0.505 e. The van der Waals surface area contributed by atoms with E-state index in [1.54, 1.807) is 39.8 Å². The maximum atomic E-state index is 13.6. The molecule has 0 fully saturated rings. The third-order valence-electron chi connectivity index (χ3n) is 4.13. The van der Waals surface area contributed by atoms with Crippen LogP contribution in [0.1, 0.15) is 50.3 Å². The molecule has 7 heteroatoms. The predicted molar refractivity (Wildman–Crippen MR) is 107 cm³/mol. The fourth-order valence-corrected chi connectivity index (χ4v) is 2.69. The van der Waals surface area contributed by atoms with Crippen molar-refractivity contribution in [1.82, 2.24) is 0 Å². The third-order valence-corrected chi connectivity index (χ3v) is 4.13. The summed E-state index contributed by atoms with van der Waals surface area (Å²) in [5, 5.41) is 12.8. The van der Waals surface area contributed by atoms with Crippen molar-refractivity contribution in [2.75, 3.05) is 5.32 Å². The van der Waals surface area contributed by atoms with Crippen molar-refractivity contribution in [3.05, 3.63) is 59.2 Å². The molecule has 2 aromatic carbocycles. The van der Waals surface area contributed by atoms with Crippen molar-refractivity contribution in [3.63, 3.8) is 0 Å². The molecular formula is C22H26FNO5. The quantitative estimate of drug-likeness (QED) is 0.520. The highest BCUT2D eigenvalue weighted by atomic mass is 19.1. The van der Waals surface area contributed by atoms with E-state index < -0.39 is 36.0 Å². The maximum Gasteiger partial charge on any atom is 0.412 e. The Morgan fingerprint density at radius 2 is 1.79 bits per heavy atom. The first-order chi connectivity index (χ1) is 13.6. The van der Waals surface area contributed by atoms with E-state index in [1.807, 2.05) is 18.2 Å². The van der Waals surface area contributed by atoms with Gasteiger partial charge in [-0.15, -0.1) is 0 Å². The zero-order chi connectivity index (χ0) is 21.6. The normalized spacial score (nSPS) is 12.2. The van der Waals surface area contributed by atoms with E-state index in [0.717, 1.165) is 5.56 Å². The Balaban J connectivity index is 2.13. The Kier molecular flexibility index (Phi) is 7.20. The summed E-state index contributed by atoms with van der Waals surface area (Å²) in [6, 6.07) is 12.0. The van der Waals surface area contributed by atoms with Crippen molar-refractivity contribution in [3.8, 4) is 5.75 Å². The molecule has 1 atom stereocenters. The summed E-state index contributed by atoms with van der Waals surface area (Å²) >= 11 is 0. The van der Waals surface area contributed by atoms with Crippen LogP contribution in [0.25, 0.3) is 0 Å². The Hall–Kier alpha value is -3.09. The number of halogens is 1. The number of ether oxygens (including phenoxy) is 2. The van der Waals surface area contributed by atoms with Crippen LogP contribution in [-0.4, -0.2) is 22.8 Å². The largest absolute Gasteiger partial charge is 0.505 e. The molecular weight excluding hydrogens is 377 g/mol. The monoisotopic (exact) mass is 403 g/mol. The molecule has 0 heterocycles. The van der Waals surface area contributed by atoms with Gasteiger partial charge in [0.25, 0.3) is 0 Å². The van der Waals surface area contributed by atoms with E-state index in [4.69, 9.17) is 9.47 Å². The molecule has 0 spiro atoms. The summed E-state index contributed by atoms with van der Waals surface area (Å²) < 4.78 is 24.1. The lowest BCUT2D eigenvalue weighted by Crippen LogP contribution is -2.27. The molecule has 0 radical (unpaired) electrons. The van der Waals surface area contributed by atoms with Gasteiger partial charge in [0.05, 0.1) is 11.6 Å². The molecule has 6 nitrogen and oxygen atoms in total. The SMILES string of the molecule is CC(C(=O)OC(C)(C)C)c1ccc(NC(=O)OCc2ccccc2)c(O)c1CF. The molecule has 2 N–H and O–H groups in total. The number of nitrogens with one attached hydrogen (secondary N) is 1. The van der Waals surface area contributed by atoms with E-state index in [0.29, 0.717) is 5.56 Å². The van der Waals surface area contributed by atoms with Crippen LogP contribution in [0.2, 0.25) is 0 Å². The highest BCUT2D eigenvalue weighted by Gasteiger charge is 2.27. The van der Waals surface area contributed by atoms with Gasteiger partial charge in [0.2, 0.25) is 0 Å². The summed E-state index contributed by atoms with van der Waals surface area (Å²) in [4.78, 5) is 24.3. The lowest BCUT2D eigenvalue weighted by molar-refractivity contribution is -0.156. The number of phenols is 1. The van der Waals surface area contributed by atoms with E-state index in [9.17, 15) is 19.1 Å². The number of phenolic OH excluding ortho intramolecular Hbond substituents is 1. The van der Waals surface area contributed by atoms with E-state index >= 15 is 0 Å². The maximum absolute atomic E-state index is 13.6. The van der Waals surface area contributed by atoms with Crippen LogP contribution in [0, 0.1) is 0 Å². The molecule has 1 unspecified atom stereocenters. The Labute approximate surface area is 169 Å². The summed E-state index contributed by atoms with van der Waals surface area (Å²) in [5.74, 6) is -1.77. The smallest absolute Gasteiger partial charge is 0.412 e. The molecule has 0 aliphatic rings. The van der Waals surface area contributed by atoms with Crippen molar-refractivity contribution >= 4 is 17.7 Å². The summed E-state index contributed by atoms with van der Waals surface area (Å²) in [5.41, 5.74) is 0.327. The number of anilines is 1. The number of carbonyl (C=O) groups is 2. The number of benzene rings is 2. The highest BCUT2D eigenvalue weighted by molar-refractivity contribution is 5.88. The molecule has 0 aliphatic heterocycles. The van der Waals surface area contributed by atoms with Crippen LogP contribution in [0.3, 0.4) is 0 Å². The fourth-order valence-electron chi connectivity index (χ4n) is 2.69.